The minimum Gasteiger partial charge on any atom is -0.490 e. The van der Waals surface area contributed by atoms with Gasteiger partial charge in [-0.3, -0.25) is 4.79 Å². The Kier molecular flexibility index (Phi) is 5.28. The van der Waals surface area contributed by atoms with Gasteiger partial charge in [-0.2, -0.15) is 0 Å². The maximum atomic E-state index is 13.0. The van der Waals surface area contributed by atoms with Gasteiger partial charge in [0.25, 0.3) is 0 Å². The van der Waals surface area contributed by atoms with E-state index in [0.717, 1.165) is 58.1 Å². The monoisotopic (exact) mass is 427 g/mol. The molecule has 1 atom stereocenters. The van der Waals surface area contributed by atoms with Crippen molar-refractivity contribution in [3.05, 3.63) is 41.5 Å². The lowest BCUT2D eigenvalue weighted by molar-refractivity contribution is -0.129. The number of aromatic nitrogens is 2. The maximum absolute atomic E-state index is 13.0. The van der Waals surface area contributed by atoms with E-state index < -0.39 is 0 Å². The number of fused-ring (bicyclic) bond motifs is 2. The molecule has 5 rings (SSSR count). The number of hydrogen-bond donors (Lipinski definition) is 0. The smallest absolute Gasteiger partial charge is 0.233 e. The first-order valence-corrected chi connectivity index (χ1v) is 11.7. The lowest BCUT2D eigenvalue weighted by atomic mass is 10.0. The molecule has 8 heteroatoms. The van der Waals surface area contributed by atoms with Crippen LogP contribution in [0.2, 0.25) is 0 Å². The molecule has 0 bridgehead atoms. The second-order valence-electron chi connectivity index (χ2n) is 7.11. The quantitative estimate of drug-likeness (QED) is 0.457. The van der Waals surface area contributed by atoms with E-state index in [1.807, 2.05) is 28.5 Å². The molecule has 0 radical (unpaired) electrons. The highest BCUT2D eigenvalue weighted by molar-refractivity contribution is 8.00. The first-order chi connectivity index (χ1) is 14.3. The molecule has 4 heterocycles. The highest BCUT2D eigenvalue weighted by Crippen LogP contribution is 2.38. The Morgan fingerprint density at radius 1 is 1.17 bits per heavy atom. The van der Waals surface area contributed by atoms with Crippen LogP contribution in [0.3, 0.4) is 0 Å². The Hall–Kier alpha value is -2.32. The zero-order valence-electron chi connectivity index (χ0n) is 15.9. The number of amides is 1. The first-order valence-electron chi connectivity index (χ1n) is 9.79. The summed E-state index contributed by atoms with van der Waals surface area (Å²) >= 11 is 3.08. The highest BCUT2D eigenvalue weighted by atomic mass is 32.2. The van der Waals surface area contributed by atoms with E-state index in [2.05, 4.69) is 16.0 Å². The molecule has 6 nitrogen and oxygen atoms in total. The Balaban J connectivity index is 1.31. The van der Waals surface area contributed by atoms with E-state index >= 15 is 0 Å². The van der Waals surface area contributed by atoms with Gasteiger partial charge in [-0.1, -0.05) is 17.8 Å². The van der Waals surface area contributed by atoms with Crippen molar-refractivity contribution >= 4 is 39.2 Å². The van der Waals surface area contributed by atoms with Gasteiger partial charge in [-0.05, 0) is 42.0 Å². The van der Waals surface area contributed by atoms with Crippen LogP contribution in [0.25, 0.3) is 10.2 Å². The zero-order chi connectivity index (χ0) is 19.6. The summed E-state index contributed by atoms with van der Waals surface area (Å²) in [5.74, 6) is 2.10. The van der Waals surface area contributed by atoms with Gasteiger partial charge in [-0.15, -0.1) is 11.3 Å². The summed E-state index contributed by atoms with van der Waals surface area (Å²) < 4.78 is 11.6. The van der Waals surface area contributed by atoms with E-state index in [1.54, 1.807) is 17.7 Å². The number of rotatable bonds is 4. The molecule has 1 amide bonds. The van der Waals surface area contributed by atoms with E-state index in [1.165, 1.54) is 11.8 Å². The number of carbonyl (C=O) groups is 1. The fourth-order valence-corrected chi connectivity index (χ4v) is 5.56. The number of nitrogens with zero attached hydrogens (tertiary/aromatic N) is 3. The molecular weight excluding hydrogens is 406 g/mol. The lowest BCUT2D eigenvalue weighted by Crippen LogP contribution is -2.32. The molecule has 2 aliphatic rings. The van der Waals surface area contributed by atoms with E-state index in [0.29, 0.717) is 19.0 Å². The molecular formula is C21H21N3O3S2. The number of thiophene rings is 1. The van der Waals surface area contributed by atoms with E-state index in [-0.39, 0.29) is 11.9 Å². The predicted molar refractivity (Wildman–Crippen MR) is 114 cm³/mol. The molecule has 0 N–H and O–H groups in total. The Bertz CT molecular complexity index is 1040. The van der Waals surface area contributed by atoms with Crippen molar-refractivity contribution in [1.29, 1.82) is 0 Å². The zero-order valence-corrected chi connectivity index (χ0v) is 17.5. The van der Waals surface area contributed by atoms with Gasteiger partial charge >= 0.3 is 0 Å². The van der Waals surface area contributed by atoms with Crippen LogP contribution < -0.4 is 9.47 Å². The summed E-state index contributed by atoms with van der Waals surface area (Å²) in [6.07, 6.45) is 4.44. The van der Waals surface area contributed by atoms with Gasteiger partial charge in [0.15, 0.2) is 11.5 Å². The summed E-state index contributed by atoms with van der Waals surface area (Å²) in [5, 5.41) is 3.90. The number of thioether (sulfide) groups is 1. The molecule has 1 saturated heterocycles. The van der Waals surface area contributed by atoms with Crippen molar-refractivity contribution in [2.45, 2.75) is 30.3 Å². The minimum absolute atomic E-state index is 0.0896. The molecule has 0 saturated carbocycles. The largest absolute Gasteiger partial charge is 0.490 e. The number of ether oxygens (including phenoxy) is 2. The highest BCUT2D eigenvalue weighted by Gasteiger charge is 2.30. The molecule has 2 aliphatic heterocycles. The Morgan fingerprint density at radius 2 is 2.07 bits per heavy atom. The van der Waals surface area contributed by atoms with Gasteiger partial charge in [0.2, 0.25) is 5.91 Å². The first kappa shape index (κ1) is 18.7. The third-order valence-electron chi connectivity index (χ3n) is 5.29. The number of hydrogen-bond acceptors (Lipinski definition) is 7. The molecule has 3 aromatic rings. The van der Waals surface area contributed by atoms with Gasteiger partial charge in [0, 0.05) is 18.4 Å². The maximum Gasteiger partial charge on any atom is 0.233 e. The molecule has 0 unspecified atom stereocenters. The van der Waals surface area contributed by atoms with Gasteiger partial charge < -0.3 is 14.4 Å². The molecule has 0 spiro atoms. The van der Waals surface area contributed by atoms with Crippen molar-refractivity contribution in [3.63, 3.8) is 0 Å². The predicted octanol–water partition coefficient (Wildman–Crippen LogP) is 4.31. The SMILES string of the molecule is O=C(CSc1ncnc2sccc12)N1CCC[C@H]1c1ccc2c(c1)OCCCO2. The van der Waals surface area contributed by atoms with Crippen LogP contribution in [-0.4, -0.2) is 46.3 Å². The minimum atomic E-state index is 0.0896. The van der Waals surface area contributed by atoms with Crippen LogP contribution in [0.4, 0.5) is 0 Å². The van der Waals surface area contributed by atoms with Gasteiger partial charge in [0.05, 0.1) is 25.0 Å². The summed E-state index contributed by atoms with van der Waals surface area (Å²) in [5.41, 5.74) is 1.12. The topological polar surface area (TPSA) is 64.6 Å². The van der Waals surface area contributed by atoms with E-state index in [9.17, 15) is 4.79 Å². The van der Waals surface area contributed by atoms with Crippen LogP contribution in [0.15, 0.2) is 41.0 Å². The Morgan fingerprint density at radius 3 is 3.00 bits per heavy atom. The average molecular weight is 428 g/mol. The number of benzene rings is 1. The second-order valence-corrected chi connectivity index (χ2v) is 8.97. The normalized spacial score (nSPS) is 18.8. The molecule has 150 valence electrons. The summed E-state index contributed by atoms with van der Waals surface area (Å²) in [6, 6.07) is 8.19. The van der Waals surface area contributed by atoms with Crippen molar-refractivity contribution in [2.24, 2.45) is 0 Å². The van der Waals surface area contributed by atoms with Crippen molar-refractivity contribution in [3.8, 4) is 11.5 Å². The summed E-state index contributed by atoms with van der Waals surface area (Å²) in [4.78, 5) is 24.6. The van der Waals surface area contributed by atoms with Crippen molar-refractivity contribution in [1.82, 2.24) is 14.9 Å². The molecule has 1 aromatic carbocycles. The lowest BCUT2D eigenvalue weighted by Gasteiger charge is -2.25. The van der Waals surface area contributed by atoms with Crippen LogP contribution >= 0.6 is 23.1 Å². The second kappa shape index (κ2) is 8.20. The summed E-state index contributed by atoms with van der Waals surface area (Å²) in [6.45, 7) is 2.13. The summed E-state index contributed by atoms with van der Waals surface area (Å²) in [7, 11) is 0. The van der Waals surface area contributed by atoms with Crippen molar-refractivity contribution in [2.75, 3.05) is 25.5 Å². The fraction of sp³-hybridized carbons (Fsp3) is 0.381. The molecule has 1 fully saturated rings. The van der Waals surface area contributed by atoms with Gasteiger partial charge in [-0.25, -0.2) is 9.97 Å². The standard InChI is InChI=1S/C21H21N3O3S2/c25-19(12-29-21-15-6-10-28-20(15)22-13-23-21)24-7-1-3-16(24)14-4-5-17-18(11-14)27-9-2-8-26-17/h4-6,10-11,13,16H,1-3,7-9,12H2/t16-/m0/s1. The van der Waals surface area contributed by atoms with Crippen LogP contribution in [0, 0.1) is 0 Å². The molecule has 29 heavy (non-hydrogen) atoms. The van der Waals surface area contributed by atoms with Crippen molar-refractivity contribution < 1.29 is 14.3 Å². The van der Waals surface area contributed by atoms with Gasteiger partial charge in [0.1, 0.15) is 16.2 Å². The average Bonchev–Trinajstić information content (AvgIpc) is 3.37. The number of carbonyl (C=O) groups excluding carboxylic acids is 1. The number of likely N-dealkylation sites (tertiary alicyclic amines) is 1. The third kappa shape index (κ3) is 3.79. The Labute approximate surface area is 177 Å². The molecule has 2 aromatic heterocycles. The van der Waals surface area contributed by atoms with Crippen LogP contribution in [0.1, 0.15) is 30.9 Å². The third-order valence-corrected chi connectivity index (χ3v) is 7.10. The van der Waals surface area contributed by atoms with E-state index in [4.69, 9.17) is 9.47 Å². The fourth-order valence-electron chi connectivity index (χ4n) is 3.89. The van der Waals surface area contributed by atoms with Crippen LogP contribution in [0.5, 0.6) is 11.5 Å². The van der Waals surface area contributed by atoms with Crippen LogP contribution in [-0.2, 0) is 4.79 Å². The molecule has 0 aliphatic carbocycles.